The Morgan fingerprint density at radius 1 is 1.47 bits per heavy atom. The van der Waals surface area contributed by atoms with Crippen LogP contribution in [0.3, 0.4) is 0 Å². The van der Waals surface area contributed by atoms with E-state index in [-0.39, 0.29) is 11.7 Å². The van der Waals surface area contributed by atoms with Crippen LogP contribution in [0.1, 0.15) is 18.4 Å². The molecule has 1 fully saturated rings. The molecule has 0 saturated carbocycles. The standard InChI is InChI=1S/C11H13FN2O/c12-9-6-8(7-13)3-4-10(9)14-5-1-2-11(14)15/h3-4,6H,1-2,5,7,13H2. The van der Waals surface area contributed by atoms with E-state index in [2.05, 4.69) is 0 Å². The van der Waals surface area contributed by atoms with Crippen LogP contribution in [-0.4, -0.2) is 12.5 Å². The molecule has 4 heteroatoms. The van der Waals surface area contributed by atoms with Crippen molar-refractivity contribution in [2.75, 3.05) is 11.4 Å². The molecule has 15 heavy (non-hydrogen) atoms. The number of benzene rings is 1. The van der Waals surface area contributed by atoms with Gasteiger partial charge in [-0.25, -0.2) is 4.39 Å². The molecular weight excluding hydrogens is 195 g/mol. The van der Waals surface area contributed by atoms with Crippen LogP contribution in [0.15, 0.2) is 18.2 Å². The van der Waals surface area contributed by atoms with Gasteiger partial charge in [-0.05, 0) is 24.1 Å². The fourth-order valence-corrected chi connectivity index (χ4v) is 1.80. The van der Waals surface area contributed by atoms with Crippen molar-refractivity contribution in [3.63, 3.8) is 0 Å². The minimum Gasteiger partial charge on any atom is -0.326 e. The number of carbonyl (C=O) groups is 1. The lowest BCUT2D eigenvalue weighted by atomic mass is 10.2. The van der Waals surface area contributed by atoms with Gasteiger partial charge in [0.25, 0.3) is 0 Å². The zero-order chi connectivity index (χ0) is 10.8. The number of nitrogens with zero attached hydrogens (tertiary/aromatic N) is 1. The summed E-state index contributed by atoms with van der Waals surface area (Å²) in [6.07, 6.45) is 1.31. The SMILES string of the molecule is NCc1ccc(N2CCCC2=O)c(F)c1. The van der Waals surface area contributed by atoms with Crippen LogP contribution in [-0.2, 0) is 11.3 Å². The van der Waals surface area contributed by atoms with Gasteiger partial charge in [0.15, 0.2) is 0 Å². The maximum absolute atomic E-state index is 13.6. The van der Waals surface area contributed by atoms with Gasteiger partial charge in [0.05, 0.1) is 5.69 Å². The third kappa shape index (κ3) is 1.85. The summed E-state index contributed by atoms with van der Waals surface area (Å²) in [6.45, 7) is 0.920. The number of carbonyl (C=O) groups excluding carboxylic acids is 1. The van der Waals surface area contributed by atoms with E-state index in [0.29, 0.717) is 25.2 Å². The van der Waals surface area contributed by atoms with Crippen molar-refractivity contribution in [2.45, 2.75) is 19.4 Å². The molecule has 0 atom stereocenters. The Kier molecular flexibility index (Phi) is 2.68. The maximum Gasteiger partial charge on any atom is 0.227 e. The summed E-state index contributed by atoms with van der Waals surface area (Å²) in [7, 11) is 0. The van der Waals surface area contributed by atoms with Crippen LogP contribution in [0.2, 0.25) is 0 Å². The van der Waals surface area contributed by atoms with E-state index >= 15 is 0 Å². The van der Waals surface area contributed by atoms with Gasteiger partial charge < -0.3 is 10.6 Å². The third-order valence-electron chi connectivity index (χ3n) is 2.61. The number of hydrogen-bond donors (Lipinski definition) is 1. The Morgan fingerprint density at radius 2 is 2.27 bits per heavy atom. The zero-order valence-electron chi connectivity index (χ0n) is 8.37. The Bertz CT molecular complexity index is 392. The van der Waals surface area contributed by atoms with Gasteiger partial charge in [0.2, 0.25) is 5.91 Å². The molecule has 1 aliphatic heterocycles. The highest BCUT2D eigenvalue weighted by molar-refractivity contribution is 5.95. The molecule has 3 nitrogen and oxygen atoms in total. The molecule has 1 heterocycles. The molecule has 2 rings (SSSR count). The first kappa shape index (κ1) is 10.1. The largest absolute Gasteiger partial charge is 0.326 e. The van der Waals surface area contributed by atoms with Crippen LogP contribution < -0.4 is 10.6 Å². The van der Waals surface area contributed by atoms with E-state index in [4.69, 9.17) is 5.73 Å². The second kappa shape index (κ2) is 3.98. The molecule has 1 aromatic rings. The van der Waals surface area contributed by atoms with Crippen molar-refractivity contribution < 1.29 is 9.18 Å². The summed E-state index contributed by atoms with van der Waals surface area (Å²) in [5.41, 5.74) is 6.51. The van der Waals surface area contributed by atoms with Gasteiger partial charge in [-0.1, -0.05) is 6.07 Å². The van der Waals surface area contributed by atoms with Crippen LogP contribution in [0.25, 0.3) is 0 Å². The highest BCUT2D eigenvalue weighted by atomic mass is 19.1. The molecule has 1 amide bonds. The highest BCUT2D eigenvalue weighted by Crippen LogP contribution is 2.25. The van der Waals surface area contributed by atoms with E-state index < -0.39 is 0 Å². The molecule has 0 unspecified atom stereocenters. The highest BCUT2D eigenvalue weighted by Gasteiger charge is 2.23. The van der Waals surface area contributed by atoms with Crippen molar-refractivity contribution in [3.05, 3.63) is 29.6 Å². The normalized spacial score (nSPS) is 16.1. The molecule has 1 saturated heterocycles. The lowest BCUT2D eigenvalue weighted by molar-refractivity contribution is -0.117. The van der Waals surface area contributed by atoms with Crippen molar-refractivity contribution in [1.82, 2.24) is 0 Å². The first-order valence-electron chi connectivity index (χ1n) is 5.01. The Balaban J connectivity index is 2.32. The number of rotatable bonds is 2. The minimum atomic E-state index is -0.367. The van der Waals surface area contributed by atoms with Crippen LogP contribution >= 0.6 is 0 Å². The van der Waals surface area contributed by atoms with Gasteiger partial charge in [0.1, 0.15) is 5.82 Å². The lowest BCUT2D eigenvalue weighted by Crippen LogP contribution is -2.24. The van der Waals surface area contributed by atoms with Crippen molar-refractivity contribution in [2.24, 2.45) is 5.73 Å². The molecule has 0 radical (unpaired) electrons. The number of halogens is 1. The Hall–Kier alpha value is -1.42. The van der Waals surface area contributed by atoms with Gasteiger partial charge in [0, 0.05) is 19.5 Å². The number of nitrogens with two attached hydrogens (primary N) is 1. The van der Waals surface area contributed by atoms with Crippen molar-refractivity contribution in [1.29, 1.82) is 0 Å². The molecule has 0 bridgehead atoms. The van der Waals surface area contributed by atoms with Gasteiger partial charge >= 0.3 is 0 Å². The second-order valence-electron chi connectivity index (χ2n) is 3.64. The molecule has 0 aliphatic carbocycles. The van der Waals surface area contributed by atoms with Gasteiger partial charge in [-0.15, -0.1) is 0 Å². The molecule has 0 aromatic heterocycles. The lowest BCUT2D eigenvalue weighted by Gasteiger charge is -2.16. The van der Waals surface area contributed by atoms with E-state index in [1.165, 1.54) is 11.0 Å². The van der Waals surface area contributed by atoms with E-state index in [0.717, 1.165) is 12.0 Å². The van der Waals surface area contributed by atoms with Crippen LogP contribution in [0.5, 0.6) is 0 Å². The van der Waals surface area contributed by atoms with Crippen molar-refractivity contribution >= 4 is 11.6 Å². The Morgan fingerprint density at radius 3 is 2.80 bits per heavy atom. The summed E-state index contributed by atoms with van der Waals surface area (Å²) in [5.74, 6) is -0.373. The number of hydrogen-bond acceptors (Lipinski definition) is 2. The summed E-state index contributed by atoms with van der Waals surface area (Å²) in [5, 5.41) is 0. The molecule has 80 valence electrons. The second-order valence-corrected chi connectivity index (χ2v) is 3.64. The predicted molar refractivity (Wildman–Crippen MR) is 55.9 cm³/mol. The predicted octanol–water partition coefficient (Wildman–Crippen LogP) is 1.41. The van der Waals surface area contributed by atoms with Gasteiger partial charge in [-0.2, -0.15) is 0 Å². The maximum atomic E-state index is 13.6. The van der Waals surface area contributed by atoms with E-state index in [9.17, 15) is 9.18 Å². The smallest absolute Gasteiger partial charge is 0.227 e. The minimum absolute atomic E-state index is 0.00519. The van der Waals surface area contributed by atoms with Crippen LogP contribution in [0, 0.1) is 5.82 Å². The first-order valence-corrected chi connectivity index (χ1v) is 5.01. The number of amides is 1. The summed E-state index contributed by atoms with van der Waals surface area (Å²) in [6, 6.07) is 4.77. The van der Waals surface area contributed by atoms with E-state index in [1.54, 1.807) is 12.1 Å². The van der Waals surface area contributed by atoms with Crippen LogP contribution in [0.4, 0.5) is 10.1 Å². The average molecular weight is 208 g/mol. The molecular formula is C11H13FN2O. The summed E-state index contributed by atoms with van der Waals surface area (Å²) in [4.78, 5) is 12.9. The molecule has 2 N–H and O–H groups in total. The monoisotopic (exact) mass is 208 g/mol. The Labute approximate surface area is 87.7 Å². The third-order valence-corrected chi connectivity index (χ3v) is 2.61. The average Bonchev–Trinajstić information content (AvgIpc) is 2.64. The first-order chi connectivity index (χ1) is 7.22. The molecule has 0 spiro atoms. The zero-order valence-corrected chi connectivity index (χ0v) is 8.37. The summed E-state index contributed by atoms with van der Waals surface area (Å²) < 4.78 is 13.6. The number of anilines is 1. The molecule has 1 aromatic carbocycles. The summed E-state index contributed by atoms with van der Waals surface area (Å²) >= 11 is 0. The fourth-order valence-electron chi connectivity index (χ4n) is 1.80. The topological polar surface area (TPSA) is 46.3 Å². The van der Waals surface area contributed by atoms with E-state index in [1.807, 2.05) is 0 Å². The quantitative estimate of drug-likeness (QED) is 0.798. The molecule has 1 aliphatic rings. The fraction of sp³-hybridized carbons (Fsp3) is 0.364. The van der Waals surface area contributed by atoms with Crippen molar-refractivity contribution in [3.8, 4) is 0 Å². The van der Waals surface area contributed by atoms with Gasteiger partial charge in [-0.3, -0.25) is 4.79 Å².